The first-order chi connectivity index (χ1) is 8.08. The molecule has 1 rings (SSSR count). The van der Waals surface area contributed by atoms with Crippen LogP contribution >= 0.6 is 11.6 Å². The third-order valence-corrected chi connectivity index (χ3v) is 2.82. The van der Waals surface area contributed by atoms with Crippen LogP contribution in [0.15, 0.2) is 6.20 Å². The quantitative estimate of drug-likeness (QED) is 0.785. The molecule has 1 atom stereocenters. The molecule has 5 nitrogen and oxygen atoms in total. The molecule has 0 spiro atoms. The third kappa shape index (κ3) is 4.02. The number of carbonyl (C=O) groups is 1. The summed E-state index contributed by atoms with van der Waals surface area (Å²) in [5, 5.41) is 7.80. The van der Waals surface area contributed by atoms with Crippen molar-refractivity contribution in [3.63, 3.8) is 0 Å². The van der Waals surface area contributed by atoms with E-state index < -0.39 is 0 Å². The van der Waals surface area contributed by atoms with E-state index in [2.05, 4.69) is 10.4 Å². The van der Waals surface area contributed by atoms with Crippen LogP contribution in [0.25, 0.3) is 0 Å². The third-order valence-electron chi connectivity index (χ3n) is 2.45. The van der Waals surface area contributed by atoms with Crippen molar-refractivity contribution in [2.45, 2.75) is 32.9 Å². The van der Waals surface area contributed by atoms with E-state index in [1.807, 2.05) is 6.92 Å². The van der Waals surface area contributed by atoms with Gasteiger partial charge < -0.3 is 10.1 Å². The van der Waals surface area contributed by atoms with Gasteiger partial charge in [0.25, 0.3) is 0 Å². The Bertz CT molecular complexity index is 359. The number of rotatable bonds is 6. The monoisotopic (exact) mass is 259 g/mol. The minimum Gasteiger partial charge on any atom is -0.465 e. The number of hydrogen-bond donors (Lipinski definition) is 1. The maximum absolute atomic E-state index is 11.5. The molecule has 0 aliphatic carbocycles. The predicted molar refractivity (Wildman–Crippen MR) is 66.1 cm³/mol. The molecular formula is C11H18ClN3O2. The number of aromatic nitrogens is 2. The molecule has 1 unspecified atom stereocenters. The van der Waals surface area contributed by atoms with Gasteiger partial charge in [-0.05, 0) is 27.3 Å². The highest BCUT2D eigenvalue weighted by Gasteiger charge is 2.17. The molecule has 0 aliphatic heterocycles. The largest absolute Gasteiger partial charge is 0.465 e. The zero-order valence-corrected chi connectivity index (χ0v) is 11.1. The number of aryl methyl sites for hydroxylation is 2. The smallest absolute Gasteiger partial charge is 0.323 e. The fraction of sp³-hybridized carbons (Fsp3) is 0.636. The number of likely N-dealkylation sites (N-methyl/N-ethyl adjacent to an activating group) is 1. The van der Waals surface area contributed by atoms with Crippen molar-refractivity contribution in [1.82, 2.24) is 15.1 Å². The van der Waals surface area contributed by atoms with Gasteiger partial charge in [-0.2, -0.15) is 5.10 Å². The van der Waals surface area contributed by atoms with Crippen molar-refractivity contribution in [1.29, 1.82) is 0 Å². The van der Waals surface area contributed by atoms with Crippen molar-refractivity contribution < 1.29 is 9.53 Å². The summed E-state index contributed by atoms with van der Waals surface area (Å²) in [5.41, 5.74) is 0.795. The lowest BCUT2D eigenvalue weighted by atomic mass is 10.2. The van der Waals surface area contributed by atoms with Crippen LogP contribution in [0.2, 0.25) is 5.02 Å². The molecule has 1 aromatic heterocycles. The molecule has 17 heavy (non-hydrogen) atoms. The lowest BCUT2D eigenvalue weighted by molar-refractivity contribution is -0.145. The number of hydrogen-bond acceptors (Lipinski definition) is 4. The van der Waals surface area contributed by atoms with Gasteiger partial charge in [0.2, 0.25) is 0 Å². The predicted octanol–water partition coefficient (Wildman–Crippen LogP) is 1.39. The first kappa shape index (κ1) is 14.0. The van der Waals surface area contributed by atoms with Crippen LogP contribution in [0, 0.1) is 6.92 Å². The second kappa shape index (κ2) is 6.61. The van der Waals surface area contributed by atoms with Crippen molar-refractivity contribution >= 4 is 17.6 Å². The zero-order valence-electron chi connectivity index (χ0n) is 10.4. The van der Waals surface area contributed by atoms with Gasteiger partial charge in [-0.1, -0.05) is 11.6 Å². The molecule has 0 amide bonds. The van der Waals surface area contributed by atoms with Gasteiger partial charge in [-0.15, -0.1) is 0 Å². The zero-order chi connectivity index (χ0) is 12.8. The van der Waals surface area contributed by atoms with E-state index in [0.29, 0.717) is 24.6 Å². The minimum atomic E-state index is -0.307. The summed E-state index contributed by atoms with van der Waals surface area (Å²) in [7, 11) is 1.74. The number of halogens is 1. The van der Waals surface area contributed by atoms with Crippen molar-refractivity contribution in [3.05, 3.63) is 16.9 Å². The molecule has 0 saturated carbocycles. The molecular weight excluding hydrogens is 242 g/mol. The lowest BCUT2D eigenvalue weighted by Gasteiger charge is -2.14. The molecule has 0 fully saturated rings. The van der Waals surface area contributed by atoms with Gasteiger partial charge >= 0.3 is 5.97 Å². The standard InChI is InChI=1S/C11H18ClN3O2/c1-4-17-11(16)10(13-3)5-6-15-7-9(12)8(2)14-15/h7,10,13H,4-6H2,1-3H3. The highest BCUT2D eigenvalue weighted by molar-refractivity contribution is 6.31. The second-order valence-electron chi connectivity index (χ2n) is 3.71. The molecule has 0 bridgehead atoms. The average molecular weight is 260 g/mol. The summed E-state index contributed by atoms with van der Waals surface area (Å²) in [4.78, 5) is 11.5. The Balaban J connectivity index is 2.50. The van der Waals surface area contributed by atoms with E-state index in [9.17, 15) is 4.79 Å². The van der Waals surface area contributed by atoms with Crippen LogP contribution in [0.3, 0.4) is 0 Å². The van der Waals surface area contributed by atoms with Crippen molar-refractivity contribution in [2.75, 3.05) is 13.7 Å². The number of esters is 1. The number of nitrogens with zero attached hydrogens (tertiary/aromatic N) is 2. The maximum atomic E-state index is 11.5. The summed E-state index contributed by atoms with van der Waals surface area (Å²) in [6.45, 7) is 4.66. The van der Waals surface area contributed by atoms with E-state index in [4.69, 9.17) is 16.3 Å². The van der Waals surface area contributed by atoms with Gasteiger partial charge in [0.1, 0.15) is 6.04 Å². The van der Waals surface area contributed by atoms with E-state index in [-0.39, 0.29) is 12.0 Å². The first-order valence-electron chi connectivity index (χ1n) is 5.62. The fourth-order valence-electron chi connectivity index (χ4n) is 1.49. The summed E-state index contributed by atoms with van der Waals surface area (Å²) in [5.74, 6) is -0.232. The summed E-state index contributed by atoms with van der Waals surface area (Å²) < 4.78 is 6.69. The lowest BCUT2D eigenvalue weighted by Crippen LogP contribution is -2.36. The molecule has 0 aliphatic rings. The maximum Gasteiger partial charge on any atom is 0.323 e. The highest BCUT2D eigenvalue weighted by atomic mass is 35.5. The van der Waals surface area contributed by atoms with Crippen molar-refractivity contribution in [3.8, 4) is 0 Å². The molecule has 1 N–H and O–H groups in total. The Morgan fingerprint density at radius 1 is 1.71 bits per heavy atom. The normalized spacial score (nSPS) is 12.5. The Morgan fingerprint density at radius 3 is 2.88 bits per heavy atom. The Morgan fingerprint density at radius 2 is 2.41 bits per heavy atom. The van der Waals surface area contributed by atoms with Crippen LogP contribution in [0.4, 0.5) is 0 Å². The van der Waals surface area contributed by atoms with Gasteiger partial charge in [-0.3, -0.25) is 9.48 Å². The topological polar surface area (TPSA) is 56.2 Å². The molecule has 6 heteroatoms. The highest BCUT2D eigenvalue weighted by Crippen LogP contribution is 2.12. The Hall–Kier alpha value is -1.07. The molecule has 0 radical (unpaired) electrons. The number of ether oxygens (including phenoxy) is 1. The van der Waals surface area contributed by atoms with Crippen LogP contribution < -0.4 is 5.32 Å². The Labute approximate surface area is 106 Å². The molecule has 1 heterocycles. The van der Waals surface area contributed by atoms with Crippen LogP contribution in [0.1, 0.15) is 19.0 Å². The van der Waals surface area contributed by atoms with Crippen LogP contribution in [0.5, 0.6) is 0 Å². The van der Waals surface area contributed by atoms with E-state index in [0.717, 1.165) is 5.69 Å². The summed E-state index contributed by atoms with van der Waals surface area (Å²) in [6, 6.07) is -0.307. The van der Waals surface area contributed by atoms with E-state index in [1.165, 1.54) is 0 Å². The average Bonchev–Trinajstić information content (AvgIpc) is 2.59. The number of carbonyl (C=O) groups excluding carboxylic acids is 1. The van der Waals surface area contributed by atoms with Crippen LogP contribution in [-0.2, 0) is 16.1 Å². The first-order valence-corrected chi connectivity index (χ1v) is 5.99. The Kier molecular flexibility index (Phi) is 5.44. The van der Waals surface area contributed by atoms with Gasteiger partial charge in [0.15, 0.2) is 0 Å². The SMILES string of the molecule is CCOC(=O)C(CCn1cc(Cl)c(C)n1)NC. The number of nitrogens with one attached hydrogen (secondary N) is 1. The van der Waals surface area contributed by atoms with Crippen LogP contribution in [-0.4, -0.2) is 35.4 Å². The summed E-state index contributed by atoms with van der Waals surface area (Å²) >= 11 is 5.90. The second-order valence-corrected chi connectivity index (χ2v) is 4.11. The molecule has 1 aromatic rings. The van der Waals surface area contributed by atoms with E-state index >= 15 is 0 Å². The molecule has 0 saturated heterocycles. The molecule has 96 valence electrons. The van der Waals surface area contributed by atoms with Crippen molar-refractivity contribution in [2.24, 2.45) is 0 Å². The minimum absolute atomic E-state index is 0.232. The van der Waals surface area contributed by atoms with Gasteiger partial charge in [0.05, 0.1) is 17.3 Å². The van der Waals surface area contributed by atoms with E-state index in [1.54, 1.807) is 24.9 Å². The van der Waals surface area contributed by atoms with Gasteiger partial charge in [0, 0.05) is 12.7 Å². The summed E-state index contributed by atoms with van der Waals surface area (Å²) in [6.07, 6.45) is 2.38. The van der Waals surface area contributed by atoms with Gasteiger partial charge in [-0.25, -0.2) is 0 Å². The fourth-order valence-corrected chi connectivity index (χ4v) is 1.64. The molecule has 0 aromatic carbocycles.